The third kappa shape index (κ3) is 1.68. The molecule has 3 unspecified atom stereocenters. The van der Waals surface area contributed by atoms with Crippen molar-refractivity contribution in [3.05, 3.63) is 60.2 Å². The molecule has 2 aliphatic rings. The first kappa shape index (κ1) is 11.0. The lowest BCUT2D eigenvalue weighted by molar-refractivity contribution is -0.161. The Morgan fingerprint density at radius 1 is 0.944 bits per heavy atom. The topological polar surface area (TPSA) is 43.4 Å². The molecular formula is C15H12O3. The van der Waals surface area contributed by atoms with E-state index in [2.05, 4.69) is 0 Å². The summed E-state index contributed by atoms with van der Waals surface area (Å²) in [6.45, 7) is 0. The normalized spacial score (nSPS) is 29.9. The minimum absolute atomic E-state index is 0.0805. The molecule has 1 fully saturated rings. The number of ether oxygens (including phenoxy) is 1. The zero-order valence-corrected chi connectivity index (χ0v) is 9.65. The molecule has 0 saturated carbocycles. The Kier molecular flexibility index (Phi) is 2.59. The zero-order valence-electron chi connectivity index (χ0n) is 9.65. The van der Waals surface area contributed by atoms with Gasteiger partial charge in [-0.1, -0.05) is 48.6 Å². The molecule has 1 aromatic rings. The first-order valence-corrected chi connectivity index (χ1v) is 5.91. The summed E-state index contributed by atoms with van der Waals surface area (Å²) in [6.07, 6.45) is 6.73. The maximum Gasteiger partial charge on any atom is 0.321 e. The van der Waals surface area contributed by atoms with Gasteiger partial charge in [0.1, 0.15) is 12.0 Å². The summed E-state index contributed by atoms with van der Waals surface area (Å²) in [5.74, 6) is -1.67. The van der Waals surface area contributed by atoms with Crippen LogP contribution < -0.4 is 0 Å². The van der Waals surface area contributed by atoms with Crippen LogP contribution in [0.3, 0.4) is 0 Å². The Balaban J connectivity index is 1.97. The second-order valence-electron chi connectivity index (χ2n) is 4.44. The predicted octanol–water partition coefficient (Wildman–Crippen LogP) is 2.01. The third-order valence-electron chi connectivity index (χ3n) is 3.32. The van der Waals surface area contributed by atoms with Gasteiger partial charge in [-0.2, -0.15) is 0 Å². The summed E-state index contributed by atoms with van der Waals surface area (Å²) in [5.41, 5.74) is 0.703. The first-order valence-electron chi connectivity index (χ1n) is 5.91. The highest BCUT2D eigenvalue weighted by Crippen LogP contribution is 2.32. The molecule has 3 heteroatoms. The van der Waals surface area contributed by atoms with Crippen LogP contribution in [0.1, 0.15) is 11.5 Å². The maximum absolute atomic E-state index is 12.4. The molecular weight excluding hydrogens is 228 g/mol. The van der Waals surface area contributed by atoms with E-state index in [9.17, 15) is 9.59 Å². The van der Waals surface area contributed by atoms with Gasteiger partial charge >= 0.3 is 5.97 Å². The largest absolute Gasteiger partial charge is 0.456 e. The van der Waals surface area contributed by atoms with Crippen LogP contribution in [0.25, 0.3) is 0 Å². The smallest absolute Gasteiger partial charge is 0.321 e. The number of allylic oxidation sites excluding steroid dienone is 2. The number of hydrogen-bond acceptors (Lipinski definition) is 3. The van der Waals surface area contributed by atoms with Crippen LogP contribution in [0.4, 0.5) is 0 Å². The quantitative estimate of drug-likeness (QED) is 0.557. The Morgan fingerprint density at radius 2 is 1.67 bits per heavy atom. The molecule has 3 rings (SSSR count). The molecule has 1 aliphatic heterocycles. The fourth-order valence-corrected chi connectivity index (χ4v) is 2.41. The van der Waals surface area contributed by atoms with Gasteiger partial charge in [-0.15, -0.1) is 0 Å². The number of esters is 1. The van der Waals surface area contributed by atoms with Crippen molar-refractivity contribution >= 4 is 11.8 Å². The van der Waals surface area contributed by atoms with Gasteiger partial charge in [-0.05, 0) is 11.6 Å². The highest BCUT2D eigenvalue weighted by atomic mass is 16.5. The van der Waals surface area contributed by atoms with Crippen LogP contribution in [0.2, 0.25) is 0 Å². The van der Waals surface area contributed by atoms with Crippen LogP contribution in [0.5, 0.6) is 0 Å². The van der Waals surface area contributed by atoms with Gasteiger partial charge in [0.05, 0.1) is 5.92 Å². The standard InChI is InChI=1S/C15H12O3/c16-14-11-8-4-5-9-12(11)18-15(17)13(14)10-6-2-1-3-7-10/h1-9,11-13H. The molecule has 1 aromatic carbocycles. The molecule has 0 spiro atoms. The van der Waals surface area contributed by atoms with Crippen LogP contribution in [0.15, 0.2) is 54.6 Å². The molecule has 0 aromatic heterocycles. The molecule has 90 valence electrons. The number of rotatable bonds is 1. The average molecular weight is 240 g/mol. The number of benzene rings is 1. The molecule has 0 amide bonds. The molecule has 1 aliphatic carbocycles. The van der Waals surface area contributed by atoms with Crippen molar-refractivity contribution in [3.8, 4) is 0 Å². The number of carbonyl (C=O) groups excluding carboxylic acids is 2. The highest BCUT2D eigenvalue weighted by molar-refractivity contribution is 6.08. The SMILES string of the molecule is O=C1OC2C=CC=CC2C(=O)C1c1ccccc1. The van der Waals surface area contributed by atoms with Gasteiger partial charge in [0.15, 0.2) is 5.78 Å². The van der Waals surface area contributed by atoms with Crippen molar-refractivity contribution < 1.29 is 14.3 Å². The van der Waals surface area contributed by atoms with Gasteiger partial charge in [0.25, 0.3) is 0 Å². The van der Waals surface area contributed by atoms with E-state index in [4.69, 9.17) is 4.74 Å². The number of fused-ring (bicyclic) bond motifs is 1. The Bertz CT molecular complexity index is 542. The fourth-order valence-electron chi connectivity index (χ4n) is 2.41. The fraction of sp³-hybridized carbons (Fsp3) is 0.200. The summed E-state index contributed by atoms with van der Waals surface area (Å²) >= 11 is 0. The van der Waals surface area contributed by atoms with E-state index >= 15 is 0 Å². The Morgan fingerprint density at radius 3 is 2.44 bits per heavy atom. The van der Waals surface area contributed by atoms with Crippen molar-refractivity contribution in [3.63, 3.8) is 0 Å². The van der Waals surface area contributed by atoms with Gasteiger partial charge in [-0.25, -0.2) is 0 Å². The molecule has 0 N–H and O–H groups in total. The zero-order chi connectivity index (χ0) is 12.5. The van der Waals surface area contributed by atoms with Crippen molar-refractivity contribution in [1.29, 1.82) is 0 Å². The van der Waals surface area contributed by atoms with Gasteiger partial charge in [0, 0.05) is 0 Å². The van der Waals surface area contributed by atoms with Crippen molar-refractivity contribution in [2.75, 3.05) is 0 Å². The minimum Gasteiger partial charge on any atom is -0.456 e. The Labute approximate surface area is 105 Å². The van der Waals surface area contributed by atoms with E-state index in [1.807, 2.05) is 24.3 Å². The van der Waals surface area contributed by atoms with Crippen LogP contribution in [0, 0.1) is 5.92 Å². The summed E-state index contributed by atoms with van der Waals surface area (Å²) in [7, 11) is 0. The number of ketones is 1. The Hall–Kier alpha value is -2.16. The lowest BCUT2D eigenvalue weighted by Crippen LogP contribution is -2.43. The van der Waals surface area contributed by atoms with Crippen molar-refractivity contribution in [2.24, 2.45) is 5.92 Å². The molecule has 0 radical (unpaired) electrons. The van der Waals surface area contributed by atoms with E-state index in [0.29, 0.717) is 5.56 Å². The van der Waals surface area contributed by atoms with Crippen LogP contribution in [-0.2, 0) is 14.3 Å². The maximum atomic E-state index is 12.4. The molecule has 3 atom stereocenters. The summed E-state index contributed by atoms with van der Waals surface area (Å²) < 4.78 is 5.33. The summed E-state index contributed by atoms with van der Waals surface area (Å²) in [6, 6.07) is 9.06. The van der Waals surface area contributed by atoms with E-state index in [1.54, 1.807) is 30.4 Å². The molecule has 1 heterocycles. The molecule has 3 nitrogen and oxygen atoms in total. The number of hydrogen-bond donors (Lipinski definition) is 0. The van der Waals surface area contributed by atoms with Gasteiger partial charge in [0.2, 0.25) is 0 Å². The van der Waals surface area contributed by atoms with E-state index in [0.717, 1.165) is 0 Å². The number of carbonyl (C=O) groups is 2. The van der Waals surface area contributed by atoms with Gasteiger partial charge in [-0.3, -0.25) is 9.59 Å². The number of Topliss-reactive ketones (excluding diaryl/α,β-unsaturated/α-hetero) is 1. The minimum atomic E-state index is -0.788. The summed E-state index contributed by atoms with van der Waals surface area (Å²) in [5, 5.41) is 0. The van der Waals surface area contributed by atoms with Gasteiger partial charge < -0.3 is 4.74 Å². The highest BCUT2D eigenvalue weighted by Gasteiger charge is 2.44. The predicted molar refractivity (Wildman–Crippen MR) is 65.8 cm³/mol. The second kappa shape index (κ2) is 4.26. The third-order valence-corrected chi connectivity index (χ3v) is 3.32. The molecule has 18 heavy (non-hydrogen) atoms. The van der Waals surface area contributed by atoms with Crippen molar-refractivity contribution in [1.82, 2.24) is 0 Å². The van der Waals surface area contributed by atoms with E-state index in [-0.39, 0.29) is 11.7 Å². The van der Waals surface area contributed by atoms with Crippen LogP contribution in [-0.4, -0.2) is 17.9 Å². The molecule has 0 bridgehead atoms. The van der Waals surface area contributed by atoms with Crippen molar-refractivity contribution in [2.45, 2.75) is 12.0 Å². The lowest BCUT2D eigenvalue weighted by Gasteiger charge is -2.32. The molecule has 1 saturated heterocycles. The monoisotopic (exact) mass is 240 g/mol. The summed E-state index contributed by atoms with van der Waals surface area (Å²) in [4.78, 5) is 24.3. The lowest BCUT2D eigenvalue weighted by atomic mass is 9.80. The van der Waals surface area contributed by atoms with E-state index in [1.165, 1.54) is 0 Å². The first-order chi connectivity index (χ1) is 8.77. The second-order valence-corrected chi connectivity index (χ2v) is 4.44. The van der Waals surface area contributed by atoms with E-state index < -0.39 is 18.0 Å². The average Bonchev–Trinajstić information content (AvgIpc) is 2.40. The van der Waals surface area contributed by atoms with Crippen LogP contribution >= 0.6 is 0 Å².